The van der Waals surface area contributed by atoms with E-state index >= 15 is 0 Å². The third-order valence-electron chi connectivity index (χ3n) is 2.54. The van der Waals surface area contributed by atoms with Gasteiger partial charge in [0.1, 0.15) is 0 Å². The van der Waals surface area contributed by atoms with Crippen molar-refractivity contribution in [3.05, 3.63) is 62.6 Å². The summed E-state index contributed by atoms with van der Waals surface area (Å²) in [5.74, 6) is -1.00. The number of carbonyl (C=O) groups is 1. The van der Waals surface area contributed by atoms with E-state index in [9.17, 15) is 20.0 Å². The molecule has 0 aliphatic rings. The minimum absolute atomic E-state index is 0.135. The Kier molecular flexibility index (Phi) is 3.99. The summed E-state index contributed by atoms with van der Waals surface area (Å²) in [6.45, 7) is 0. The van der Waals surface area contributed by atoms with Crippen LogP contribution in [-0.2, 0) is 0 Å². The summed E-state index contributed by atoms with van der Waals surface area (Å²) in [4.78, 5) is 21.8. The van der Waals surface area contributed by atoms with E-state index in [4.69, 9.17) is 0 Å². The molecule has 2 N–H and O–H groups in total. The van der Waals surface area contributed by atoms with Crippen LogP contribution >= 0.6 is 15.9 Å². The van der Waals surface area contributed by atoms with E-state index < -0.39 is 22.3 Å². The molecule has 2 rings (SSSR count). The number of halogens is 1. The van der Waals surface area contributed by atoms with Crippen LogP contribution in [0.1, 0.15) is 10.4 Å². The third kappa shape index (κ3) is 3.12. The number of aromatic hydroxyl groups is 1. The van der Waals surface area contributed by atoms with Crippen molar-refractivity contribution in [1.82, 2.24) is 0 Å². The van der Waals surface area contributed by atoms with Gasteiger partial charge in [0.15, 0.2) is 5.75 Å². The maximum Gasteiger partial charge on any atom is 0.310 e. The quantitative estimate of drug-likeness (QED) is 0.664. The van der Waals surface area contributed by atoms with Crippen molar-refractivity contribution in [2.24, 2.45) is 0 Å². The van der Waals surface area contributed by atoms with Crippen LogP contribution in [0.3, 0.4) is 0 Å². The molecule has 20 heavy (non-hydrogen) atoms. The lowest BCUT2D eigenvalue weighted by Gasteiger charge is -2.06. The largest absolute Gasteiger partial charge is 0.502 e. The Labute approximate surface area is 122 Å². The van der Waals surface area contributed by atoms with Crippen molar-refractivity contribution in [3.8, 4) is 5.75 Å². The normalized spacial score (nSPS) is 10.1. The molecule has 0 spiro atoms. The number of nitro benzene ring substituents is 1. The Hall–Kier alpha value is -2.41. The van der Waals surface area contributed by atoms with Gasteiger partial charge in [-0.15, -0.1) is 0 Å². The summed E-state index contributed by atoms with van der Waals surface area (Å²) in [5.41, 5.74) is 0.275. The van der Waals surface area contributed by atoms with Gasteiger partial charge in [-0.05, 0) is 36.4 Å². The number of benzene rings is 2. The number of nitro groups is 1. The van der Waals surface area contributed by atoms with Gasteiger partial charge in [0.05, 0.1) is 4.92 Å². The van der Waals surface area contributed by atoms with Crippen LogP contribution in [0.2, 0.25) is 0 Å². The summed E-state index contributed by atoms with van der Waals surface area (Å²) in [5, 5.41) is 22.7. The zero-order valence-corrected chi connectivity index (χ0v) is 11.6. The van der Waals surface area contributed by atoms with E-state index in [1.807, 2.05) is 0 Å². The number of hydrogen-bond acceptors (Lipinski definition) is 4. The van der Waals surface area contributed by atoms with E-state index in [2.05, 4.69) is 21.2 Å². The smallest absolute Gasteiger partial charge is 0.310 e. The third-order valence-corrected chi connectivity index (χ3v) is 3.07. The van der Waals surface area contributed by atoms with Gasteiger partial charge in [0.2, 0.25) is 0 Å². The second kappa shape index (κ2) is 5.70. The fraction of sp³-hybridized carbons (Fsp3) is 0. The van der Waals surface area contributed by atoms with Gasteiger partial charge in [-0.2, -0.15) is 0 Å². The lowest BCUT2D eigenvalue weighted by atomic mass is 10.1. The standard InChI is InChI=1S/C13H9BrN2O4/c14-9-2-4-10(5-3-9)15-13(18)8-1-6-11(16(19)20)12(17)7-8/h1-7,17H,(H,15,18). The summed E-state index contributed by atoms with van der Waals surface area (Å²) >= 11 is 3.28. The zero-order chi connectivity index (χ0) is 14.7. The molecule has 2 aromatic carbocycles. The van der Waals surface area contributed by atoms with Crippen LogP contribution in [0.25, 0.3) is 0 Å². The van der Waals surface area contributed by atoms with Gasteiger partial charge in [0.25, 0.3) is 5.91 Å². The SMILES string of the molecule is O=C(Nc1ccc(Br)cc1)c1ccc([N+](=O)[O-])c(O)c1. The van der Waals surface area contributed by atoms with E-state index in [1.54, 1.807) is 24.3 Å². The molecule has 1 amide bonds. The lowest BCUT2D eigenvalue weighted by Crippen LogP contribution is -2.11. The molecule has 0 radical (unpaired) electrons. The number of nitrogens with one attached hydrogen (secondary N) is 1. The van der Waals surface area contributed by atoms with E-state index in [1.165, 1.54) is 6.07 Å². The molecule has 0 atom stereocenters. The molecular weight excluding hydrogens is 328 g/mol. The number of anilines is 1. The van der Waals surface area contributed by atoms with Gasteiger partial charge in [0, 0.05) is 21.8 Å². The minimum Gasteiger partial charge on any atom is -0.502 e. The van der Waals surface area contributed by atoms with Gasteiger partial charge in [-0.1, -0.05) is 15.9 Å². The molecule has 102 valence electrons. The van der Waals surface area contributed by atoms with Crippen molar-refractivity contribution in [1.29, 1.82) is 0 Å². The predicted octanol–water partition coefficient (Wildman–Crippen LogP) is 3.32. The first-order chi connectivity index (χ1) is 9.47. The van der Waals surface area contributed by atoms with Crippen molar-refractivity contribution >= 4 is 33.2 Å². The molecule has 0 aliphatic carbocycles. The molecule has 0 aliphatic heterocycles. The van der Waals surface area contributed by atoms with Gasteiger partial charge in [-0.3, -0.25) is 14.9 Å². The second-order valence-corrected chi connectivity index (χ2v) is 4.84. The fourth-order valence-electron chi connectivity index (χ4n) is 1.56. The molecule has 0 saturated carbocycles. The number of phenols is 1. The molecule has 0 heterocycles. The molecular formula is C13H9BrN2O4. The van der Waals surface area contributed by atoms with Crippen molar-refractivity contribution in [2.45, 2.75) is 0 Å². The van der Waals surface area contributed by atoms with E-state index in [0.717, 1.165) is 16.6 Å². The molecule has 0 fully saturated rings. The number of amides is 1. The monoisotopic (exact) mass is 336 g/mol. The van der Waals surface area contributed by atoms with Crippen LogP contribution < -0.4 is 5.32 Å². The van der Waals surface area contributed by atoms with Gasteiger partial charge in [-0.25, -0.2) is 0 Å². The van der Waals surface area contributed by atoms with Crippen molar-refractivity contribution in [3.63, 3.8) is 0 Å². The number of nitrogens with zero attached hydrogens (tertiary/aromatic N) is 1. The van der Waals surface area contributed by atoms with Crippen LogP contribution in [0.15, 0.2) is 46.9 Å². The van der Waals surface area contributed by atoms with Gasteiger partial charge >= 0.3 is 5.69 Å². The molecule has 0 saturated heterocycles. The Bertz CT molecular complexity index is 671. The zero-order valence-electron chi connectivity index (χ0n) is 10.0. The maximum atomic E-state index is 11.9. The minimum atomic E-state index is -0.717. The summed E-state index contributed by atoms with van der Waals surface area (Å²) < 4.78 is 0.878. The number of hydrogen-bond donors (Lipinski definition) is 2. The molecule has 2 aromatic rings. The summed E-state index contributed by atoms with van der Waals surface area (Å²) in [7, 11) is 0. The fourth-order valence-corrected chi connectivity index (χ4v) is 1.82. The number of rotatable bonds is 3. The molecule has 0 bridgehead atoms. The first-order valence-corrected chi connectivity index (χ1v) is 6.31. The summed E-state index contributed by atoms with van der Waals surface area (Å²) in [6.07, 6.45) is 0. The second-order valence-electron chi connectivity index (χ2n) is 3.92. The Balaban J connectivity index is 2.19. The maximum absolute atomic E-state index is 11.9. The highest BCUT2D eigenvalue weighted by Crippen LogP contribution is 2.26. The van der Waals surface area contributed by atoms with Crippen LogP contribution in [0.4, 0.5) is 11.4 Å². The van der Waals surface area contributed by atoms with E-state index in [-0.39, 0.29) is 5.56 Å². The Morgan fingerprint density at radius 1 is 1.20 bits per heavy atom. The topological polar surface area (TPSA) is 92.5 Å². The molecule has 7 heteroatoms. The predicted molar refractivity (Wildman–Crippen MR) is 76.9 cm³/mol. The first kappa shape index (κ1) is 14.0. The molecule has 6 nitrogen and oxygen atoms in total. The average molecular weight is 337 g/mol. The highest BCUT2D eigenvalue weighted by Gasteiger charge is 2.16. The molecule has 0 unspecified atom stereocenters. The summed E-state index contributed by atoms with van der Waals surface area (Å²) in [6, 6.07) is 10.4. The highest BCUT2D eigenvalue weighted by molar-refractivity contribution is 9.10. The van der Waals surface area contributed by atoms with Crippen LogP contribution in [0, 0.1) is 10.1 Å². The van der Waals surface area contributed by atoms with Gasteiger partial charge < -0.3 is 10.4 Å². The Morgan fingerprint density at radius 2 is 1.85 bits per heavy atom. The van der Waals surface area contributed by atoms with Crippen LogP contribution in [-0.4, -0.2) is 15.9 Å². The number of carbonyl (C=O) groups excluding carboxylic acids is 1. The van der Waals surface area contributed by atoms with Crippen molar-refractivity contribution in [2.75, 3.05) is 5.32 Å². The number of phenolic OH excluding ortho intramolecular Hbond substituents is 1. The van der Waals surface area contributed by atoms with Crippen molar-refractivity contribution < 1.29 is 14.8 Å². The van der Waals surface area contributed by atoms with Crippen LogP contribution in [0.5, 0.6) is 5.75 Å². The Morgan fingerprint density at radius 3 is 2.40 bits per heavy atom. The first-order valence-electron chi connectivity index (χ1n) is 5.51. The lowest BCUT2D eigenvalue weighted by molar-refractivity contribution is -0.385. The highest BCUT2D eigenvalue weighted by atomic mass is 79.9. The van der Waals surface area contributed by atoms with E-state index in [0.29, 0.717) is 5.69 Å². The molecule has 0 aromatic heterocycles. The average Bonchev–Trinajstić information content (AvgIpc) is 2.40.